The van der Waals surface area contributed by atoms with E-state index in [0.717, 1.165) is 0 Å². The van der Waals surface area contributed by atoms with Crippen molar-refractivity contribution < 1.29 is 17.9 Å². The molecule has 0 heterocycles. The molecule has 0 radical (unpaired) electrons. The van der Waals surface area contributed by atoms with Gasteiger partial charge in [0.25, 0.3) is 0 Å². The highest BCUT2D eigenvalue weighted by atomic mass is 35.5. The fraction of sp³-hybridized carbons (Fsp3) is 0.333. The molecule has 1 aromatic rings. The number of alkyl halides is 3. The molecule has 0 fully saturated rings. The van der Waals surface area contributed by atoms with Gasteiger partial charge in [-0.3, -0.25) is 4.74 Å². The predicted octanol–water partition coefficient (Wildman–Crippen LogP) is 3.55. The summed E-state index contributed by atoms with van der Waals surface area (Å²) in [6.07, 6.45) is -4.58. The van der Waals surface area contributed by atoms with E-state index in [1.807, 2.05) is 0 Å². The molecule has 0 unspecified atom stereocenters. The fourth-order valence-electron chi connectivity index (χ4n) is 0.942. The van der Waals surface area contributed by atoms with Crippen molar-refractivity contribution in [2.45, 2.75) is 11.3 Å². The molecule has 90 valence electrons. The second-order valence-corrected chi connectivity index (χ2v) is 4.40. The average Bonchev–Trinajstić information content (AvgIpc) is 2.16. The summed E-state index contributed by atoms with van der Waals surface area (Å²) in [5.74, 6) is 0.157. The molecule has 0 atom stereocenters. The van der Waals surface area contributed by atoms with Gasteiger partial charge in [0.15, 0.2) is 0 Å². The van der Waals surface area contributed by atoms with Crippen molar-refractivity contribution in [2.75, 3.05) is 18.1 Å². The van der Waals surface area contributed by atoms with Crippen LogP contribution in [-0.4, -0.2) is 18.7 Å². The summed E-state index contributed by atoms with van der Waals surface area (Å²) in [4.78, 5) is 0.651. The van der Waals surface area contributed by atoms with Gasteiger partial charge in [0.2, 0.25) is 0 Å². The second-order valence-electron chi connectivity index (χ2n) is 2.82. The molecule has 2 nitrogen and oxygen atoms in total. The Kier molecular flexibility index (Phi) is 4.76. The molecule has 0 aliphatic carbocycles. The van der Waals surface area contributed by atoms with Crippen LogP contribution < -0.4 is 5.73 Å². The summed E-state index contributed by atoms with van der Waals surface area (Å²) in [5.41, 5.74) is 6.10. The van der Waals surface area contributed by atoms with Crippen molar-refractivity contribution in [2.24, 2.45) is 0 Å². The Balaban J connectivity index is 2.40. The van der Waals surface area contributed by atoms with Crippen LogP contribution in [0.3, 0.4) is 0 Å². The van der Waals surface area contributed by atoms with Gasteiger partial charge in [0.1, 0.15) is 0 Å². The SMILES string of the molecule is Nc1ccc(Cl)cc1SCCOC(F)(F)F. The second kappa shape index (κ2) is 5.65. The third-order valence-corrected chi connectivity index (χ3v) is 2.85. The van der Waals surface area contributed by atoms with Crippen LogP contribution in [0, 0.1) is 0 Å². The maximum Gasteiger partial charge on any atom is 0.522 e. The summed E-state index contributed by atoms with van der Waals surface area (Å²) < 4.78 is 38.6. The van der Waals surface area contributed by atoms with E-state index < -0.39 is 13.0 Å². The molecule has 0 saturated carbocycles. The summed E-state index contributed by atoms with van der Waals surface area (Å²) in [7, 11) is 0. The minimum atomic E-state index is -4.58. The molecule has 0 aliphatic rings. The molecule has 0 spiro atoms. The topological polar surface area (TPSA) is 35.2 Å². The molecule has 1 rings (SSSR count). The number of anilines is 1. The summed E-state index contributed by atoms with van der Waals surface area (Å²) in [6.45, 7) is -0.417. The van der Waals surface area contributed by atoms with Gasteiger partial charge in [0.05, 0.1) is 6.61 Å². The molecule has 2 N–H and O–H groups in total. The fourth-order valence-corrected chi connectivity index (χ4v) is 2.01. The molecule has 0 saturated heterocycles. The predicted molar refractivity (Wildman–Crippen MR) is 58.6 cm³/mol. The zero-order valence-corrected chi connectivity index (χ0v) is 9.62. The quantitative estimate of drug-likeness (QED) is 0.517. The van der Waals surface area contributed by atoms with Gasteiger partial charge in [0, 0.05) is 21.4 Å². The number of thioether (sulfide) groups is 1. The largest absolute Gasteiger partial charge is 0.522 e. The molecule has 1 aromatic carbocycles. The van der Waals surface area contributed by atoms with Crippen molar-refractivity contribution in [3.63, 3.8) is 0 Å². The van der Waals surface area contributed by atoms with E-state index in [0.29, 0.717) is 15.6 Å². The Labute approximate surface area is 99.9 Å². The highest BCUT2D eigenvalue weighted by molar-refractivity contribution is 7.99. The van der Waals surface area contributed by atoms with E-state index in [4.69, 9.17) is 17.3 Å². The number of halogens is 4. The highest BCUT2D eigenvalue weighted by Crippen LogP contribution is 2.28. The van der Waals surface area contributed by atoms with Gasteiger partial charge in [-0.2, -0.15) is 0 Å². The van der Waals surface area contributed by atoms with Crippen LogP contribution in [-0.2, 0) is 4.74 Å². The number of hydrogen-bond acceptors (Lipinski definition) is 3. The van der Waals surface area contributed by atoms with E-state index in [1.54, 1.807) is 18.2 Å². The average molecular weight is 272 g/mol. The molecule has 0 bridgehead atoms. The molecule has 16 heavy (non-hydrogen) atoms. The van der Waals surface area contributed by atoms with Gasteiger partial charge in [-0.1, -0.05) is 11.6 Å². The van der Waals surface area contributed by atoms with Crippen molar-refractivity contribution in [3.05, 3.63) is 23.2 Å². The molecule has 7 heteroatoms. The van der Waals surface area contributed by atoms with Crippen molar-refractivity contribution in [1.29, 1.82) is 0 Å². The van der Waals surface area contributed by atoms with Gasteiger partial charge in [-0.15, -0.1) is 24.9 Å². The Hall–Kier alpha value is -0.590. The van der Waals surface area contributed by atoms with Crippen molar-refractivity contribution >= 4 is 29.1 Å². The number of rotatable bonds is 4. The number of ether oxygens (including phenoxy) is 1. The van der Waals surface area contributed by atoms with E-state index in [2.05, 4.69) is 4.74 Å². The Bertz CT molecular complexity index is 359. The lowest BCUT2D eigenvalue weighted by atomic mass is 10.3. The van der Waals surface area contributed by atoms with Crippen LogP contribution in [0.15, 0.2) is 23.1 Å². The first kappa shape index (κ1) is 13.5. The Morgan fingerprint density at radius 1 is 1.38 bits per heavy atom. The first-order valence-corrected chi connectivity index (χ1v) is 5.63. The monoisotopic (exact) mass is 271 g/mol. The lowest BCUT2D eigenvalue weighted by Crippen LogP contribution is -2.15. The number of benzene rings is 1. The molecule has 0 aliphatic heterocycles. The number of nitrogen functional groups attached to an aromatic ring is 1. The highest BCUT2D eigenvalue weighted by Gasteiger charge is 2.28. The maximum atomic E-state index is 11.6. The number of hydrogen-bond donors (Lipinski definition) is 1. The van der Waals surface area contributed by atoms with Crippen molar-refractivity contribution in [1.82, 2.24) is 0 Å². The van der Waals surface area contributed by atoms with Gasteiger partial charge < -0.3 is 5.73 Å². The van der Waals surface area contributed by atoms with Crippen LogP contribution in [0.25, 0.3) is 0 Å². The lowest BCUT2D eigenvalue weighted by Gasteiger charge is -2.08. The first-order chi connectivity index (χ1) is 7.38. The zero-order valence-electron chi connectivity index (χ0n) is 8.05. The van der Waals surface area contributed by atoms with E-state index in [-0.39, 0.29) is 5.75 Å². The third-order valence-electron chi connectivity index (χ3n) is 1.58. The van der Waals surface area contributed by atoms with Crippen LogP contribution in [0.2, 0.25) is 5.02 Å². The van der Waals surface area contributed by atoms with E-state index in [1.165, 1.54) is 11.8 Å². The van der Waals surface area contributed by atoms with Gasteiger partial charge >= 0.3 is 6.36 Å². The summed E-state index contributed by atoms with van der Waals surface area (Å²) in [5, 5.41) is 0.494. The maximum absolute atomic E-state index is 11.6. The Morgan fingerprint density at radius 3 is 2.69 bits per heavy atom. The third kappa shape index (κ3) is 4.96. The molecule has 0 amide bonds. The smallest absolute Gasteiger partial charge is 0.398 e. The Morgan fingerprint density at radius 2 is 2.06 bits per heavy atom. The van der Waals surface area contributed by atoms with E-state index in [9.17, 15) is 13.2 Å². The van der Waals surface area contributed by atoms with Crippen LogP contribution in [0.5, 0.6) is 0 Å². The minimum Gasteiger partial charge on any atom is -0.398 e. The molecule has 0 aromatic heterocycles. The van der Waals surface area contributed by atoms with Gasteiger partial charge in [-0.25, -0.2) is 0 Å². The van der Waals surface area contributed by atoms with Crippen LogP contribution in [0.4, 0.5) is 18.9 Å². The van der Waals surface area contributed by atoms with Crippen LogP contribution >= 0.6 is 23.4 Å². The summed E-state index contributed by atoms with van der Waals surface area (Å²) in [6, 6.07) is 4.83. The van der Waals surface area contributed by atoms with Crippen molar-refractivity contribution in [3.8, 4) is 0 Å². The minimum absolute atomic E-state index is 0.157. The number of nitrogens with two attached hydrogens (primary N) is 1. The van der Waals surface area contributed by atoms with Gasteiger partial charge in [-0.05, 0) is 18.2 Å². The summed E-state index contributed by atoms with van der Waals surface area (Å²) >= 11 is 6.89. The molecular weight excluding hydrogens is 263 g/mol. The lowest BCUT2D eigenvalue weighted by molar-refractivity contribution is -0.322. The van der Waals surface area contributed by atoms with E-state index >= 15 is 0 Å². The standard InChI is InChI=1S/C9H9ClF3NOS/c10-6-1-2-7(14)8(5-6)16-4-3-15-9(11,12)13/h1-2,5H,3-4,14H2. The zero-order chi connectivity index (χ0) is 12.2. The molecular formula is C9H9ClF3NOS. The normalized spacial score (nSPS) is 11.8. The van der Waals surface area contributed by atoms with Crippen LogP contribution in [0.1, 0.15) is 0 Å². The first-order valence-electron chi connectivity index (χ1n) is 4.27.